The van der Waals surface area contributed by atoms with Gasteiger partial charge in [-0.3, -0.25) is 4.68 Å². The Hall–Kier alpha value is -1.20. The molecule has 2 aromatic rings. The van der Waals surface area contributed by atoms with Crippen LogP contribution in [0.1, 0.15) is 22.9 Å². The van der Waals surface area contributed by atoms with E-state index in [4.69, 9.17) is 0 Å². The third-order valence-electron chi connectivity index (χ3n) is 2.97. The summed E-state index contributed by atoms with van der Waals surface area (Å²) >= 11 is 3.45. The summed E-state index contributed by atoms with van der Waals surface area (Å²) in [7, 11) is 3.65. The van der Waals surface area contributed by atoms with E-state index in [1.165, 1.54) is 0 Å². The predicted molar refractivity (Wildman–Crippen MR) is 72.9 cm³/mol. The monoisotopic (exact) mass is 311 g/mol. The molecule has 3 nitrogen and oxygen atoms in total. The summed E-state index contributed by atoms with van der Waals surface area (Å²) in [6.07, 6.45) is 1.71. The second kappa shape index (κ2) is 5.20. The normalized spacial score (nSPS) is 12.7. The van der Waals surface area contributed by atoms with Crippen molar-refractivity contribution in [3.8, 4) is 0 Å². The van der Waals surface area contributed by atoms with Gasteiger partial charge >= 0.3 is 0 Å². The van der Waals surface area contributed by atoms with Crippen LogP contribution in [0.4, 0.5) is 4.39 Å². The summed E-state index contributed by atoms with van der Waals surface area (Å²) < 4.78 is 16.7. The molecule has 96 valence electrons. The highest BCUT2D eigenvalue weighted by molar-refractivity contribution is 9.10. The van der Waals surface area contributed by atoms with Crippen molar-refractivity contribution in [2.24, 2.45) is 7.05 Å². The van der Waals surface area contributed by atoms with Crippen molar-refractivity contribution in [3.63, 3.8) is 0 Å². The molecule has 1 unspecified atom stereocenters. The molecular formula is C13H15BrFN3. The first-order chi connectivity index (χ1) is 8.54. The average Bonchev–Trinajstić information content (AvgIpc) is 2.64. The number of nitrogens with one attached hydrogen (secondary N) is 1. The zero-order chi connectivity index (χ0) is 13.3. The second-order valence-electron chi connectivity index (χ2n) is 4.25. The summed E-state index contributed by atoms with van der Waals surface area (Å²) in [6, 6.07) is 5.04. The Labute approximate surface area is 114 Å². The van der Waals surface area contributed by atoms with Crippen molar-refractivity contribution < 1.29 is 4.39 Å². The summed E-state index contributed by atoms with van der Waals surface area (Å²) in [5, 5.41) is 7.30. The van der Waals surface area contributed by atoms with Gasteiger partial charge in [0.1, 0.15) is 5.82 Å². The summed E-state index contributed by atoms with van der Waals surface area (Å²) in [6.45, 7) is 1.88. The van der Waals surface area contributed by atoms with E-state index in [9.17, 15) is 4.39 Å². The lowest BCUT2D eigenvalue weighted by atomic mass is 10.0. The van der Waals surface area contributed by atoms with Gasteiger partial charge < -0.3 is 5.32 Å². The zero-order valence-corrected chi connectivity index (χ0v) is 12.1. The highest BCUT2D eigenvalue weighted by Gasteiger charge is 2.21. The first-order valence-electron chi connectivity index (χ1n) is 5.65. The lowest BCUT2D eigenvalue weighted by Gasteiger charge is -2.18. The van der Waals surface area contributed by atoms with E-state index in [0.29, 0.717) is 5.56 Å². The van der Waals surface area contributed by atoms with Gasteiger partial charge in [0.25, 0.3) is 0 Å². The quantitative estimate of drug-likeness (QED) is 0.944. The number of rotatable bonds is 3. The first kappa shape index (κ1) is 13.2. The molecule has 0 aliphatic carbocycles. The van der Waals surface area contributed by atoms with Gasteiger partial charge in [0.15, 0.2) is 0 Å². The van der Waals surface area contributed by atoms with Crippen LogP contribution >= 0.6 is 15.9 Å². The summed E-state index contributed by atoms with van der Waals surface area (Å²) in [5.74, 6) is -0.206. The molecule has 0 fully saturated rings. The number of benzene rings is 1. The van der Waals surface area contributed by atoms with Crippen LogP contribution in [0.25, 0.3) is 0 Å². The molecular weight excluding hydrogens is 297 g/mol. The minimum absolute atomic E-state index is 0.206. The molecule has 0 aliphatic heterocycles. The van der Waals surface area contributed by atoms with Crippen LogP contribution in [-0.2, 0) is 7.05 Å². The SMILES string of the molecule is CNC(c1ccc(C)cc1F)c1c(Br)cnn1C. The predicted octanol–water partition coefficient (Wildman–Crippen LogP) is 2.94. The Balaban J connectivity index is 2.52. The molecule has 0 amide bonds. The van der Waals surface area contributed by atoms with Gasteiger partial charge in [0.05, 0.1) is 22.4 Å². The molecule has 1 aromatic heterocycles. The van der Waals surface area contributed by atoms with Crippen molar-refractivity contribution in [1.29, 1.82) is 0 Å². The van der Waals surface area contributed by atoms with Crippen molar-refractivity contribution in [3.05, 3.63) is 51.5 Å². The minimum atomic E-state index is -0.229. The van der Waals surface area contributed by atoms with Crippen LogP contribution in [-0.4, -0.2) is 16.8 Å². The Bertz CT molecular complexity index is 546. The highest BCUT2D eigenvalue weighted by atomic mass is 79.9. The van der Waals surface area contributed by atoms with E-state index < -0.39 is 0 Å². The molecule has 5 heteroatoms. The van der Waals surface area contributed by atoms with Gasteiger partial charge in [-0.05, 0) is 41.5 Å². The van der Waals surface area contributed by atoms with Crippen molar-refractivity contribution in [2.45, 2.75) is 13.0 Å². The van der Waals surface area contributed by atoms with Gasteiger partial charge in [-0.2, -0.15) is 5.10 Å². The lowest BCUT2D eigenvalue weighted by molar-refractivity contribution is 0.550. The van der Waals surface area contributed by atoms with E-state index in [1.54, 1.807) is 16.9 Å². The van der Waals surface area contributed by atoms with Gasteiger partial charge in [0.2, 0.25) is 0 Å². The molecule has 0 aliphatic rings. The molecule has 1 aromatic carbocycles. The maximum Gasteiger partial charge on any atom is 0.128 e. The first-order valence-corrected chi connectivity index (χ1v) is 6.44. The third kappa shape index (κ3) is 2.33. The number of hydrogen-bond donors (Lipinski definition) is 1. The fourth-order valence-electron chi connectivity index (χ4n) is 2.05. The molecule has 0 spiro atoms. The number of halogens is 2. The maximum atomic E-state index is 14.1. The third-order valence-corrected chi connectivity index (χ3v) is 3.58. The maximum absolute atomic E-state index is 14.1. The number of hydrogen-bond acceptors (Lipinski definition) is 2. The summed E-state index contributed by atoms with van der Waals surface area (Å²) in [5.41, 5.74) is 2.43. The van der Waals surface area contributed by atoms with Crippen molar-refractivity contribution in [2.75, 3.05) is 7.05 Å². The van der Waals surface area contributed by atoms with Crippen LogP contribution in [0.3, 0.4) is 0 Å². The van der Waals surface area contributed by atoms with Crippen LogP contribution in [0.2, 0.25) is 0 Å². The zero-order valence-electron chi connectivity index (χ0n) is 10.5. The van der Waals surface area contributed by atoms with Crippen LogP contribution in [0.15, 0.2) is 28.9 Å². The number of nitrogens with zero attached hydrogens (tertiary/aromatic N) is 2. The molecule has 0 bridgehead atoms. The van der Waals surface area contributed by atoms with Crippen LogP contribution in [0, 0.1) is 12.7 Å². The van der Waals surface area contributed by atoms with E-state index in [2.05, 4.69) is 26.3 Å². The lowest BCUT2D eigenvalue weighted by Crippen LogP contribution is -2.22. The Morgan fingerprint density at radius 1 is 1.44 bits per heavy atom. The standard InChI is InChI=1S/C13H15BrFN3/c1-8-4-5-9(11(15)6-8)12(16-2)13-10(14)7-17-18(13)3/h4-7,12,16H,1-3H3. The fraction of sp³-hybridized carbons (Fsp3) is 0.308. The molecule has 0 radical (unpaired) electrons. The molecule has 1 N–H and O–H groups in total. The Kier molecular flexibility index (Phi) is 3.82. The number of aryl methyl sites for hydroxylation is 2. The number of aromatic nitrogens is 2. The minimum Gasteiger partial charge on any atom is -0.308 e. The van der Waals surface area contributed by atoms with E-state index in [1.807, 2.05) is 33.2 Å². The van der Waals surface area contributed by atoms with Crippen LogP contribution in [0.5, 0.6) is 0 Å². The molecule has 18 heavy (non-hydrogen) atoms. The van der Waals surface area contributed by atoms with Gasteiger partial charge in [-0.15, -0.1) is 0 Å². The van der Waals surface area contributed by atoms with Gasteiger partial charge in [-0.1, -0.05) is 12.1 Å². The highest BCUT2D eigenvalue weighted by Crippen LogP contribution is 2.29. The topological polar surface area (TPSA) is 29.9 Å². The largest absolute Gasteiger partial charge is 0.308 e. The van der Waals surface area contributed by atoms with Gasteiger partial charge in [0, 0.05) is 12.6 Å². The molecule has 0 saturated heterocycles. The molecule has 2 rings (SSSR count). The van der Waals surface area contributed by atoms with Crippen molar-refractivity contribution >= 4 is 15.9 Å². The van der Waals surface area contributed by atoms with E-state index >= 15 is 0 Å². The van der Waals surface area contributed by atoms with E-state index in [0.717, 1.165) is 15.7 Å². The van der Waals surface area contributed by atoms with E-state index in [-0.39, 0.29) is 11.9 Å². The Morgan fingerprint density at radius 2 is 2.17 bits per heavy atom. The fourth-order valence-corrected chi connectivity index (χ4v) is 2.63. The van der Waals surface area contributed by atoms with Gasteiger partial charge in [-0.25, -0.2) is 4.39 Å². The average molecular weight is 312 g/mol. The van der Waals surface area contributed by atoms with Crippen molar-refractivity contribution in [1.82, 2.24) is 15.1 Å². The molecule has 1 atom stereocenters. The summed E-state index contributed by atoms with van der Waals surface area (Å²) in [4.78, 5) is 0. The van der Waals surface area contributed by atoms with Crippen LogP contribution < -0.4 is 5.32 Å². The second-order valence-corrected chi connectivity index (χ2v) is 5.10. The molecule has 0 saturated carbocycles. The smallest absolute Gasteiger partial charge is 0.128 e. The molecule has 1 heterocycles. The Morgan fingerprint density at radius 3 is 2.67 bits per heavy atom.